The molecular formula is C24H23FO6S. The van der Waals surface area contributed by atoms with Crippen LogP contribution in [0.15, 0.2) is 54.6 Å². The summed E-state index contributed by atoms with van der Waals surface area (Å²) in [6.45, 7) is 1.26. The average molecular weight is 459 g/mol. The second-order valence-corrected chi connectivity index (χ2v) is 8.91. The quantitative estimate of drug-likeness (QED) is 0.438. The van der Waals surface area contributed by atoms with Gasteiger partial charge in [-0.05, 0) is 53.9 Å². The van der Waals surface area contributed by atoms with Crippen molar-refractivity contribution in [2.24, 2.45) is 0 Å². The number of ether oxygens (including phenoxy) is 1. The van der Waals surface area contributed by atoms with Crippen molar-refractivity contribution >= 4 is 17.1 Å². The van der Waals surface area contributed by atoms with Gasteiger partial charge in [-0.2, -0.15) is 0 Å². The third-order valence-electron chi connectivity index (χ3n) is 5.69. The fraction of sp³-hybridized carbons (Fsp3) is 0.292. The number of benzene rings is 2. The van der Waals surface area contributed by atoms with E-state index in [2.05, 4.69) is 0 Å². The first-order valence-corrected chi connectivity index (χ1v) is 10.9. The van der Waals surface area contributed by atoms with Crippen LogP contribution in [0.4, 0.5) is 4.39 Å². The summed E-state index contributed by atoms with van der Waals surface area (Å²) in [7, 11) is 0. The minimum atomic E-state index is -1.50. The molecule has 6 nitrogen and oxygen atoms in total. The van der Waals surface area contributed by atoms with Gasteiger partial charge in [-0.25, -0.2) is 4.39 Å². The van der Waals surface area contributed by atoms with Crippen LogP contribution in [0.1, 0.15) is 32.5 Å². The maximum atomic E-state index is 13.2. The fourth-order valence-electron chi connectivity index (χ4n) is 3.80. The van der Waals surface area contributed by atoms with Gasteiger partial charge in [0.1, 0.15) is 36.3 Å². The topological polar surface area (TPSA) is 107 Å². The first-order chi connectivity index (χ1) is 15.3. The molecule has 2 aromatic carbocycles. The minimum absolute atomic E-state index is 0.215. The van der Waals surface area contributed by atoms with E-state index in [4.69, 9.17) is 4.74 Å². The van der Waals surface area contributed by atoms with Crippen LogP contribution in [0, 0.1) is 12.7 Å². The third kappa shape index (κ3) is 4.25. The van der Waals surface area contributed by atoms with Crippen LogP contribution in [0.2, 0.25) is 0 Å². The van der Waals surface area contributed by atoms with E-state index in [9.17, 15) is 29.6 Å². The Morgan fingerprint density at radius 2 is 1.72 bits per heavy atom. The SMILES string of the molecule is Cc1ccc([C@@H]2O[C@H](CO)[C@@H](O)[C@H](O)[C@H]2O)cc1C(=O)c1ccc(-c2ccc(F)cc2)s1. The molecule has 1 aliphatic rings. The molecular weight excluding hydrogens is 435 g/mol. The van der Waals surface area contributed by atoms with Gasteiger partial charge in [-0.15, -0.1) is 11.3 Å². The molecule has 0 saturated carbocycles. The van der Waals surface area contributed by atoms with Crippen LogP contribution in [-0.2, 0) is 4.74 Å². The molecule has 4 N–H and O–H groups in total. The molecule has 1 fully saturated rings. The summed E-state index contributed by atoms with van der Waals surface area (Å²) in [6, 6.07) is 14.6. The number of carbonyl (C=O) groups excluding carboxylic acids is 1. The zero-order valence-corrected chi connectivity index (χ0v) is 18.0. The summed E-state index contributed by atoms with van der Waals surface area (Å²) in [5, 5.41) is 39.9. The Morgan fingerprint density at radius 3 is 2.41 bits per heavy atom. The van der Waals surface area contributed by atoms with Gasteiger partial charge >= 0.3 is 0 Å². The molecule has 168 valence electrons. The number of aliphatic hydroxyl groups excluding tert-OH is 4. The van der Waals surface area contributed by atoms with E-state index in [1.165, 1.54) is 23.5 Å². The van der Waals surface area contributed by atoms with Crippen molar-refractivity contribution in [1.82, 2.24) is 0 Å². The molecule has 0 bridgehead atoms. The van der Waals surface area contributed by atoms with Gasteiger partial charge in [-0.3, -0.25) is 4.79 Å². The van der Waals surface area contributed by atoms with E-state index in [1.807, 2.05) is 6.07 Å². The van der Waals surface area contributed by atoms with Crippen molar-refractivity contribution in [2.45, 2.75) is 37.4 Å². The van der Waals surface area contributed by atoms with E-state index in [0.717, 1.165) is 16.0 Å². The van der Waals surface area contributed by atoms with Crippen LogP contribution in [0.3, 0.4) is 0 Å². The molecule has 3 aromatic rings. The zero-order chi connectivity index (χ0) is 23.0. The largest absolute Gasteiger partial charge is 0.394 e. The van der Waals surface area contributed by atoms with Crippen molar-refractivity contribution in [1.29, 1.82) is 0 Å². The summed E-state index contributed by atoms with van der Waals surface area (Å²) in [6.07, 6.45) is -6.42. The molecule has 4 rings (SSSR count). The lowest BCUT2D eigenvalue weighted by Crippen LogP contribution is -2.55. The maximum Gasteiger partial charge on any atom is 0.203 e. The Balaban J connectivity index is 1.63. The second-order valence-electron chi connectivity index (χ2n) is 7.82. The highest BCUT2D eigenvalue weighted by Crippen LogP contribution is 2.35. The molecule has 1 saturated heterocycles. The molecule has 8 heteroatoms. The van der Waals surface area contributed by atoms with Crippen LogP contribution in [0.5, 0.6) is 0 Å². The van der Waals surface area contributed by atoms with Gasteiger partial charge in [0.25, 0.3) is 0 Å². The number of thiophene rings is 1. The van der Waals surface area contributed by atoms with Crippen molar-refractivity contribution in [3.8, 4) is 10.4 Å². The first kappa shape index (κ1) is 22.7. The minimum Gasteiger partial charge on any atom is -0.394 e. The molecule has 1 aliphatic heterocycles. The number of carbonyl (C=O) groups is 1. The number of hydrogen-bond donors (Lipinski definition) is 4. The number of aliphatic hydroxyl groups is 4. The Labute approximate surface area is 188 Å². The molecule has 0 spiro atoms. The third-order valence-corrected chi connectivity index (χ3v) is 6.82. The zero-order valence-electron chi connectivity index (χ0n) is 17.2. The maximum absolute atomic E-state index is 13.2. The summed E-state index contributed by atoms with van der Waals surface area (Å²) in [4.78, 5) is 14.6. The Morgan fingerprint density at radius 1 is 1.00 bits per heavy atom. The first-order valence-electron chi connectivity index (χ1n) is 10.1. The van der Waals surface area contributed by atoms with Crippen molar-refractivity contribution in [2.75, 3.05) is 6.61 Å². The second kappa shape index (κ2) is 9.19. The monoisotopic (exact) mass is 458 g/mol. The smallest absolute Gasteiger partial charge is 0.203 e. The highest BCUT2D eigenvalue weighted by atomic mass is 32.1. The number of aryl methyl sites for hydroxylation is 1. The standard InChI is InChI=1S/C24H23FO6S/c1-12-2-3-14(24-23(30)22(29)21(28)17(11-26)31-24)10-16(12)20(27)19-9-8-18(32-19)13-4-6-15(25)7-5-13/h2-10,17,21-24,26,28-30H,11H2,1H3/t17-,21-,22+,23-,24+/m1/s1. The van der Waals surface area contributed by atoms with Gasteiger partial charge in [0.2, 0.25) is 5.78 Å². The molecule has 0 amide bonds. The van der Waals surface area contributed by atoms with Crippen molar-refractivity contribution in [3.63, 3.8) is 0 Å². The van der Waals surface area contributed by atoms with Gasteiger partial charge in [0, 0.05) is 10.4 Å². The van der Waals surface area contributed by atoms with Gasteiger partial charge in [-0.1, -0.05) is 24.3 Å². The van der Waals surface area contributed by atoms with Crippen LogP contribution in [-0.4, -0.2) is 57.2 Å². The van der Waals surface area contributed by atoms with Gasteiger partial charge < -0.3 is 25.2 Å². The Bertz CT molecular complexity index is 1110. The van der Waals surface area contributed by atoms with E-state index < -0.39 is 37.1 Å². The van der Waals surface area contributed by atoms with E-state index in [1.54, 1.807) is 43.3 Å². The molecule has 2 heterocycles. The normalized spacial score (nSPS) is 25.6. The average Bonchev–Trinajstić information content (AvgIpc) is 3.29. The molecule has 0 unspecified atom stereocenters. The Hall–Kier alpha value is -2.46. The predicted octanol–water partition coefficient (Wildman–Crippen LogP) is 2.61. The van der Waals surface area contributed by atoms with Crippen LogP contribution >= 0.6 is 11.3 Å². The van der Waals surface area contributed by atoms with Crippen LogP contribution in [0.25, 0.3) is 10.4 Å². The summed E-state index contributed by atoms with van der Waals surface area (Å²) < 4.78 is 18.8. The number of rotatable bonds is 5. The molecule has 5 atom stereocenters. The van der Waals surface area contributed by atoms with E-state index in [0.29, 0.717) is 16.0 Å². The van der Waals surface area contributed by atoms with Crippen molar-refractivity contribution in [3.05, 3.63) is 82.0 Å². The highest BCUT2D eigenvalue weighted by Gasteiger charge is 2.44. The Kier molecular flexibility index (Phi) is 6.52. The van der Waals surface area contributed by atoms with Crippen molar-refractivity contribution < 1.29 is 34.3 Å². The lowest BCUT2D eigenvalue weighted by Gasteiger charge is -2.40. The van der Waals surface area contributed by atoms with Gasteiger partial charge in [0.15, 0.2) is 0 Å². The molecule has 1 aromatic heterocycles. The molecule has 32 heavy (non-hydrogen) atoms. The number of ketones is 1. The van der Waals surface area contributed by atoms with Gasteiger partial charge in [0.05, 0.1) is 11.5 Å². The number of halogens is 1. The number of hydrogen-bond acceptors (Lipinski definition) is 7. The highest BCUT2D eigenvalue weighted by molar-refractivity contribution is 7.17. The van der Waals surface area contributed by atoms with Crippen LogP contribution < -0.4 is 0 Å². The fourth-order valence-corrected chi connectivity index (χ4v) is 4.77. The molecule has 0 radical (unpaired) electrons. The van der Waals surface area contributed by atoms with E-state index >= 15 is 0 Å². The lowest BCUT2D eigenvalue weighted by atomic mass is 9.89. The summed E-state index contributed by atoms with van der Waals surface area (Å²) in [5.74, 6) is -0.547. The summed E-state index contributed by atoms with van der Waals surface area (Å²) in [5.41, 5.74) is 2.39. The summed E-state index contributed by atoms with van der Waals surface area (Å²) >= 11 is 1.29. The molecule has 0 aliphatic carbocycles. The van der Waals surface area contributed by atoms with E-state index in [-0.39, 0.29) is 11.6 Å². The lowest BCUT2D eigenvalue weighted by molar-refractivity contribution is -0.231. The predicted molar refractivity (Wildman–Crippen MR) is 117 cm³/mol.